The summed E-state index contributed by atoms with van der Waals surface area (Å²) in [5.41, 5.74) is 1.72. The largest absolute Gasteiger partial charge is 0.383 e. The molecule has 0 spiro atoms. The molecular weight excluding hydrogens is 280 g/mol. The summed E-state index contributed by atoms with van der Waals surface area (Å²) in [6, 6.07) is 0. The van der Waals surface area contributed by atoms with Crippen molar-refractivity contribution in [3.05, 3.63) is 17.5 Å². The molecule has 22 heavy (non-hydrogen) atoms. The maximum Gasteiger partial charge on any atom is 0.254 e. The van der Waals surface area contributed by atoms with Gasteiger partial charge in [-0.1, -0.05) is 19.3 Å². The second-order valence-electron chi connectivity index (χ2n) is 5.94. The molecule has 0 unspecified atom stereocenters. The fourth-order valence-electron chi connectivity index (χ4n) is 3.02. The summed E-state index contributed by atoms with van der Waals surface area (Å²) in [5, 5.41) is 10.7. The highest BCUT2D eigenvalue weighted by molar-refractivity contribution is 5.95. The lowest BCUT2D eigenvalue weighted by atomic mass is 9.85. The number of aromatic nitrogens is 2. The second kappa shape index (κ2) is 8.90. The lowest BCUT2D eigenvalue weighted by Crippen LogP contribution is -2.33. The minimum absolute atomic E-state index is 0.0118. The van der Waals surface area contributed by atoms with E-state index in [9.17, 15) is 4.79 Å². The first-order valence-corrected chi connectivity index (χ1v) is 8.23. The molecule has 2 rings (SSSR count). The van der Waals surface area contributed by atoms with Crippen molar-refractivity contribution in [1.82, 2.24) is 20.4 Å². The molecule has 0 atom stereocenters. The second-order valence-corrected chi connectivity index (χ2v) is 5.94. The third-order valence-electron chi connectivity index (χ3n) is 4.16. The predicted molar refractivity (Wildman–Crippen MR) is 86.1 cm³/mol. The zero-order valence-corrected chi connectivity index (χ0v) is 13.7. The van der Waals surface area contributed by atoms with Crippen LogP contribution in [0.25, 0.3) is 0 Å². The highest BCUT2D eigenvalue weighted by atomic mass is 16.5. The average molecular weight is 308 g/mol. The van der Waals surface area contributed by atoms with Gasteiger partial charge in [-0.2, -0.15) is 5.10 Å². The van der Waals surface area contributed by atoms with Crippen molar-refractivity contribution >= 4 is 5.91 Å². The van der Waals surface area contributed by atoms with Crippen molar-refractivity contribution in [2.75, 3.05) is 33.4 Å². The normalized spacial score (nSPS) is 15.9. The Balaban J connectivity index is 1.86. The van der Waals surface area contributed by atoms with Crippen LogP contribution in [0.4, 0.5) is 0 Å². The smallest absolute Gasteiger partial charge is 0.254 e. The van der Waals surface area contributed by atoms with Crippen LogP contribution in [0.2, 0.25) is 0 Å². The highest BCUT2D eigenvalue weighted by Crippen LogP contribution is 2.33. The number of carbonyl (C=O) groups is 1. The van der Waals surface area contributed by atoms with Gasteiger partial charge in [0.15, 0.2) is 0 Å². The number of amides is 1. The van der Waals surface area contributed by atoms with E-state index in [2.05, 4.69) is 15.7 Å². The van der Waals surface area contributed by atoms with E-state index in [0.29, 0.717) is 19.1 Å². The number of carbonyl (C=O) groups excluding carboxylic acids is 1. The number of nitrogens with zero attached hydrogens (tertiary/aromatic N) is 2. The molecule has 2 N–H and O–H groups in total. The standard InChI is InChI=1S/C16H28N4O2/c1-20-12-14(15(19-20)13-6-4-3-5-7-13)16(21)18-9-8-17-10-11-22-2/h12-13,17H,3-11H2,1-2H3,(H,18,21). The number of nitrogens with one attached hydrogen (secondary N) is 2. The summed E-state index contributed by atoms with van der Waals surface area (Å²) in [6.07, 6.45) is 7.93. The van der Waals surface area contributed by atoms with Crippen LogP contribution in [0, 0.1) is 0 Å². The summed E-state index contributed by atoms with van der Waals surface area (Å²) in [4.78, 5) is 12.4. The quantitative estimate of drug-likeness (QED) is 0.713. The van der Waals surface area contributed by atoms with Crippen LogP contribution >= 0.6 is 0 Å². The molecule has 0 bridgehead atoms. The summed E-state index contributed by atoms with van der Waals surface area (Å²) in [6.45, 7) is 2.84. The van der Waals surface area contributed by atoms with E-state index >= 15 is 0 Å². The molecule has 1 aliphatic rings. The molecular formula is C16H28N4O2. The minimum atomic E-state index is -0.0118. The van der Waals surface area contributed by atoms with Gasteiger partial charge in [0, 0.05) is 45.9 Å². The molecule has 1 saturated carbocycles. The van der Waals surface area contributed by atoms with E-state index < -0.39 is 0 Å². The van der Waals surface area contributed by atoms with Gasteiger partial charge in [-0.05, 0) is 12.8 Å². The molecule has 0 radical (unpaired) electrons. The molecule has 0 saturated heterocycles. The Morgan fingerprint density at radius 1 is 1.32 bits per heavy atom. The molecule has 1 heterocycles. The number of ether oxygens (including phenoxy) is 1. The van der Waals surface area contributed by atoms with Crippen LogP contribution in [0.15, 0.2) is 6.20 Å². The van der Waals surface area contributed by atoms with E-state index in [1.807, 2.05) is 13.2 Å². The SMILES string of the molecule is COCCNCCNC(=O)c1cn(C)nc1C1CCCCC1. The topological polar surface area (TPSA) is 68.2 Å². The van der Waals surface area contributed by atoms with Crippen LogP contribution in [-0.2, 0) is 11.8 Å². The molecule has 1 aromatic rings. The first-order chi connectivity index (χ1) is 10.7. The predicted octanol–water partition coefficient (Wildman–Crippen LogP) is 1.43. The van der Waals surface area contributed by atoms with Gasteiger partial charge < -0.3 is 15.4 Å². The fourth-order valence-corrected chi connectivity index (χ4v) is 3.02. The van der Waals surface area contributed by atoms with Gasteiger partial charge in [0.25, 0.3) is 5.91 Å². The van der Waals surface area contributed by atoms with Crippen LogP contribution in [-0.4, -0.2) is 49.0 Å². The van der Waals surface area contributed by atoms with Gasteiger partial charge in [0.05, 0.1) is 17.9 Å². The van der Waals surface area contributed by atoms with Gasteiger partial charge in [0.2, 0.25) is 0 Å². The maximum absolute atomic E-state index is 12.4. The lowest BCUT2D eigenvalue weighted by Gasteiger charge is -2.20. The maximum atomic E-state index is 12.4. The molecule has 0 aliphatic heterocycles. The first-order valence-electron chi connectivity index (χ1n) is 8.23. The average Bonchev–Trinajstić information content (AvgIpc) is 2.93. The van der Waals surface area contributed by atoms with Gasteiger partial charge in [-0.3, -0.25) is 9.48 Å². The van der Waals surface area contributed by atoms with E-state index in [-0.39, 0.29) is 5.91 Å². The summed E-state index contributed by atoms with van der Waals surface area (Å²) in [7, 11) is 3.56. The Bertz CT molecular complexity index is 467. The number of hydrogen-bond acceptors (Lipinski definition) is 4. The van der Waals surface area contributed by atoms with E-state index in [1.165, 1.54) is 19.3 Å². The number of methoxy groups -OCH3 is 1. The van der Waals surface area contributed by atoms with Crippen LogP contribution in [0.5, 0.6) is 0 Å². The molecule has 1 aliphatic carbocycles. The molecule has 0 aromatic carbocycles. The van der Waals surface area contributed by atoms with Crippen LogP contribution in [0.3, 0.4) is 0 Å². The van der Waals surface area contributed by atoms with Gasteiger partial charge in [-0.25, -0.2) is 0 Å². The summed E-state index contributed by atoms with van der Waals surface area (Å²) >= 11 is 0. The Morgan fingerprint density at radius 2 is 2.09 bits per heavy atom. The lowest BCUT2D eigenvalue weighted by molar-refractivity contribution is 0.0952. The minimum Gasteiger partial charge on any atom is -0.383 e. The van der Waals surface area contributed by atoms with Crippen LogP contribution < -0.4 is 10.6 Å². The molecule has 1 fully saturated rings. The Kier molecular flexibility index (Phi) is 6.86. The molecule has 1 aromatic heterocycles. The van der Waals surface area contributed by atoms with Crippen molar-refractivity contribution in [2.45, 2.75) is 38.0 Å². The molecule has 124 valence electrons. The van der Waals surface area contributed by atoms with Crippen molar-refractivity contribution in [2.24, 2.45) is 7.05 Å². The number of aryl methyl sites for hydroxylation is 1. The number of rotatable bonds is 8. The Labute approximate surface area is 132 Å². The van der Waals surface area contributed by atoms with Crippen molar-refractivity contribution in [3.63, 3.8) is 0 Å². The third-order valence-corrected chi connectivity index (χ3v) is 4.16. The fraction of sp³-hybridized carbons (Fsp3) is 0.750. The van der Waals surface area contributed by atoms with Crippen molar-refractivity contribution in [1.29, 1.82) is 0 Å². The van der Waals surface area contributed by atoms with Crippen molar-refractivity contribution in [3.8, 4) is 0 Å². The van der Waals surface area contributed by atoms with Gasteiger partial charge >= 0.3 is 0 Å². The van der Waals surface area contributed by atoms with E-state index in [4.69, 9.17) is 4.74 Å². The zero-order valence-electron chi connectivity index (χ0n) is 13.7. The molecule has 6 heteroatoms. The van der Waals surface area contributed by atoms with Gasteiger partial charge in [-0.15, -0.1) is 0 Å². The van der Waals surface area contributed by atoms with Gasteiger partial charge in [0.1, 0.15) is 0 Å². The molecule has 6 nitrogen and oxygen atoms in total. The summed E-state index contributed by atoms with van der Waals surface area (Å²) < 4.78 is 6.72. The zero-order chi connectivity index (χ0) is 15.8. The summed E-state index contributed by atoms with van der Waals surface area (Å²) in [5.74, 6) is 0.428. The van der Waals surface area contributed by atoms with E-state index in [1.54, 1.807) is 11.8 Å². The van der Waals surface area contributed by atoms with E-state index in [0.717, 1.165) is 37.2 Å². The van der Waals surface area contributed by atoms with Crippen molar-refractivity contribution < 1.29 is 9.53 Å². The third kappa shape index (κ3) is 4.81. The number of hydrogen-bond donors (Lipinski definition) is 2. The first kappa shape index (κ1) is 17.0. The monoisotopic (exact) mass is 308 g/mol. The van der Waals surface area contributed by atoms with Crippen LogP contribution in [0.1, 0.15) is 54.1 Å². The Morgan fingerprint density at radius 3 is 2.82 bits per heavy atom. The highest BCUT2D eigenvalue weighted by Gasteiger charge is 2.24. The molecule has 1 amide bonds. The Hall–Kier alpha value is -1.40.